The molecule has 0 saturated carbocycles. The molecule has 0 aliphatic carbocycles. The molecule has 5 nitrogen and oxygen atoms in total. The second kappa shape index (κ2) is 6.05. The summed E-state index contributed by atoms with van der Waals surface area (Å²) < 4.78 is 7.90. The first-order valence-electron chi connectivity index (χ1n) is 6.78. The number of benzene rings is 1. The Morgan fingerprint density at radius 3 is 2.65 bits per heavy atom. The van der Waals surface area contributed by atoms with Crippen molar-refractivity contribution < 1.29 is 4.74 Å². The number of nitrogens with one attached hydrogen (secondary N) is 1. The van der Waals surface area contributed by atoms with Gasteiger partial charge in [0.25, 0.3) is 0 Å². The van der Waals surface area contributed by atoms with Gasteiger partial charge in [-0.2, -0.15) is 0 Å². The third-order valence-corrected chi connectivity index (χ3v) is 3.61. The molecule has 0 bridgehead atoms. The van der Waals surface area contributed by atoms with Crippen molar-refractivity contribution in [2.45, 2.75) is 33.4 Å². The topological polar surface area (TPSA) is 52.0 Å². The first-order valence-corrected chi connectivity index (χ1v) is 6.78. The molecule has 0 spiro atoms. The van der Waals surface area contributed by atoms with E-state index in [1.54, 1.807) is 0 Å². The van der Waals surface area contributed by atoms with Gasteiger partial charge in [-0.3, -0.25) is 0 Å². The molecule has 108 valence electrons. The zero-order chi connectivity index (χ0) is 14.7. The van der Waals surface area contributed by atoms with Gasteiger partial charge in [0.05, 0.1) is 0 Å². The van der Waals surface area contributed by atoms with Crippen LogP contribution < -0.4 is 10.1 Å². The number of nitrogens with zero attached hydrogens (tertiary/aromatic N) is 3. The predicted molar refractivity (Wildman–Crippen MR) is 78.7 cm³/mol. The lowest BCUT2D eigenvalue weighted by atomic mass is 10.1. The fourth-order valence-corrected chi connectivity index (χ4v) is 2.00. The molecule has 2 rings (SSSR count). The van der Waals surface area contributed by atoms with Crippen LogP contribution in [0.5, 0.6) is 5.75 Å². The zero-order valence-corrected chi connectivity index (χ0v) is 12.8. The van der Waals surface area contributed by atoms with Crippen LogP contribution in [0.4, 0.5) is 0 Å². The first kappa shape index (κ1) is 14.5. The normalized spacial score (nSPS) is 12.4. The Morgan fingerprint density at radius 1 is 1.30 bits per heavy atom. The maximum atomic E-state index is 5.96. The summed E-state index contributed by atoms with van der Waals surface area (Å²) in [6.45, 7) is 6.53. The number of aromatic nitrogens is 3. The molecule has 1 unspecified atom stereocenters. The van der Waals surface area contributed by atoms with Gasteiger partial charge in [-0.05, 0) is 39.4 Å². The van der Waals surface area contributed by atoms with Crippen molar-refractivity contribution >= 4 is 0 Å². The number of hydrogen-bond acceptors (Lipinski definition) is 4. The van der Waals surface area contributed by atoms with Gasteiger partial charge in [-0.25, -0.2) is 0 Å². The third-order valence-electron chi connectivity index (χ3n) is 3.61. The maximum absolute atomic E-state index is 5.96. The van der Waals surface area contributed by atoms with Gasteiger partial charge in [-0.1, -0.05) is 12.1 Å². The van der Waals surface area contributed by atoms with Crippen LogP contribution in [0.2, 0.25) is 0 Å². The molecule has 0 radical (unpaired) electrons. The van der Waals surface area contributed by atoms with Crippen LogP contribution >= 0.6 is 0 Å². The highest BCUT2D eigenvalue weighted by atomic mass is 16.5. The van der Waals surface area contributed by atoms with Crippen molar-refractivity contribution in [3.8, 4) is 5.75 Å². The van der Waals surface area contributed by atoms with Crippen molar-refractivity contribution in [3.05, 3.63) is 41.0 Å². The number of ether oxygens (including phenoxy) is 1. The summed E-state index contributed by atoms with van der Waals surface area (Å²) in [7, 11) is 3.89. The summed E-state index contributed by atoms with van der Waals surface area (Å²) >= 11 is 0. The van der Waals surface area contributed by atoms with Gasteiger partial charge >= 0.3 is 0 Å². The number of hydrogen-bond donors (Lipinski definition) is 1. The molecule has 0 aliphatic rings. The SMILES string of the molecule is CNC(C)c1ccc(C)cc1OCc1nnc(C)n1C. The largest absolute Gasteiger partial charge is 0.485 e. The van der Waals surface area contributed by atoms with E-state index in [1.165, 1.54) is 5.56 Å². The molecule has 0 saturated heterocycles. The molecule has 1 N–H and O–H groups in total. The molecular formula is C15H22N4O. The summed E-state index contributed by atoms with van der Waals surface area (Å²) in [4.78, 5) is 0. The van der Waals surface area contributed by atoms with Crippen molar-refractivity contribution in [1.82, 2.24) is 20.1 Å². The molecule has 0 aliphatic heterocycles. The minimum atomic E-state index is 0.242. The van der Waals surface area contributed by atoms with E-state index < -0.39 is 0 Å². The van der Waals surface area contributed by atoms with E-state index in [2.05, 4.69) is 47.6 Å². The quantitative estimate of drug-likeness (QED) is 0.909. The fourth-order valence-electron chi connectivity index (χ4n) is 2.00. The lowest BCUT2D eigenvalue weighted by Crippen LogP contribution is -2.14. The van der Waals surface area contributed by atoms with E-state index in [-0.39, 0.29) is 6.04 Å². The Morgan fingerprint density at radius 2 is 2.05 bits per heavy atom. The Balaban J connectivity index is 2.20. The summed E-state index contributed by atoms with van der Waals surface area (Å²) in [5, 5.41) is 11.4. The summed E-state index contributed by atoms with van der Waals surface area (Å²) in [6.07, 6.45) is 0. The molecule has 1 atom stereocenters. The smallest absolute Gasteiger partial charge is 0.170 e. The molecule has 0 fully saturated rings. The monoisotopic (exact) mass is 274 g/mol. The van der Waals surface area contributed by atoms with E-state index in [1.807, 2.05) is 25.6 Å². The van der Waals surface area contributed by atoms with Crippen LogP contribution in [0, 0.1) is 13.8 Å². The van der Waals surface area contributed by atoms with Crippen LogP contribution in [0.25, 0.3) is 0 Å². The highest BCUT2D eigenvalue weighted by Crippen LogP contribution is 2.26. The number of rotatable bonds is 5. The average Bonchev–Trinajstić information content (AvgIpc) is 2.76. The fraction of sp³-hybridized carbons (Fsp3) is 0.467. The molecule has 0 amide bonds. The summed E-state index contributed by atoms with van der Waals surface area (Å²) in [5.41, 5.74) is 2.33. The van der Waals surface area contributed by atoms with Gasteiger partial charge < -0.3 is 14.6 Å². The Labute approximate surface area is 120 Å². The predicted octanol–water partition coefficient (Wildman–Crippen LogP) is 2.29. The van der Waals surface area contributed by atoms with Crippen LogP contribution in [0.1, 0.15) is 35.7 Å². The van der Waals surface area contributed by atoms with Gasteiger partial charge in [0.1, 0.15) is 18.2 Å². The minimum absolute atomic E-state index is 0.242. The zero-order valence-electron chi connectivity index (χ0n) is 12.8. The molecule has 1 aromatic carbocycles. The van der Waals surface area contributed by atoms with Crippen molar-refractivity contribution in [3.63, 3.8) is 0 Å². The molecule has 20 heavy (non-hydrogen) atoms. The van der Waals surface area contributed by atoms with Crippen molar-refractivity contribution in [2.75, 3.05) is 7.05 Å². The Bertz CT molecular complexity index is 592. The van der Waals surface area contributed by atoms with Crippen molar-refractivity contribution in [2.24, 2.45) is 7.05 Å². The van der Waals surface area contributed by atoms with Crippen LogP contribution in [0.15, 0.2) is 18.2 Å². The highest BCUT2D eigenvalue weighted by Gasteiger charge is 2.12. The van der Waals surface area contributed by atoms with Crippen molar-refractivity contribution in [1.29, 1.82) is 0 Å². The standard InChI is InChI=1S/C15H22N4O/c1-10-6-7-13(11(2)16-4)14(8-10)20-9-15-18-17-12(3)19(15)5/h6-8,11,16H,9H2,1-5H3. The lowest BCUT2D eigenvalue weighted by Gasteiger charge is -2.17. The van der Waals surface area contributed by atoms with E-state index in [9.17, 15) is 0 Å². The second-order valence-electron chi connectivity index (χ2n) is 5.06. The Kier molecular flexibility index (Phi) is 4.39. The van der Waals surface area contributed by atoms with E-state index in [4.69, 9.17) is 4.74 Å². The van der Waals surface area contributed by atoms with Gasteiger partial charge in [0.2, 0.25) is 0 Å². The molecule has 2 aromatic rings. The van der Waals surface area contributed by atoms with E-state index in [0.717, 1.165) is 23.0 Å². The van der Waals surface area contributed by atoms with E-state index in [0.29, 0.717) is 6.61 Å². The average molecular weight is 274 g/mol. The maximum Gasteiger partial charge on any atom is 0.170 e. The van der Waals surface area contributed by atoms with Gasteiger partial charge in [0.15, 0.2) is 5.82 Å². The summed E-state index contributed by atoms with van der Waals surface area (Å²) in [5.74, 6) is 2.61. The van der Waals surface area contributed by atoms with Gasteiger partial charge in [0, 0.05) is 18.7 Å². The molecule has 5 heteroatoms. The highest BCUT2D eigenvalue weighted by molar-refractivity contribution is 5.39. The Hall–Kier alpha value is -1.88. The van der Waals surface area contributed by atoms with Crippen LogP contribution in [-0.2, 0) is 13.7 Å². The second-order valence-corrected chi connectivity index (χ2v) is 5.06. The molecule has 1 aromatic heterocycles. The third kappa shape index (κ3) is 2.99. The van der Waals surface area contributed by atoms with Crippen LogP contribution in [-0.4, -0.2) is 21.8 Å². The molecule has 1 heterocycles. The minimum Gasteiger partial charge on any atom is -0.485 e. The lowest BCUT2D eigenvalue weighted by molar-refractivity contribution is 0.285. The summed E-state index contributed by atoms with van der Waals surface area (Å²) in [6, 6.07) is 6.51. The first-order chi connectivity index (χ1) is 9.52. The molecular weight excluding hydrogens is 252 g/mol. The van der Waals surface area contributed by atoms with Gasteiger partial charge in [-0.15, -0.1) is 10.2 Å². The van der Waals surface area contributed by atoms with E-state index >= 15 is 0 Å². The van der Waals surface area contributed by atoms with Crippen LogP contribution in [0.3, 0.4) is 0 Å². The number of aryl methyl sites for hydroxylation is 2.